The van der Waals surface area contributed by atoms with Crippen molar-refractivity contribution >= 4 is 5.91 Å². The van der Waals surface area contributed by atoms with Gasteiger partial charge in [-0.1, -0.05) is 36.8 Å². The maximum absolute atomic E-state index is 13.0. The highest BCUT2D eigenvalue weighted by molar-refractivity contribution is 5.96. The molecule has 0 spiro atoms. The molecule has 8 nitrogen and oxygen atoms in total. The SMILES string of the molecule is CCc1nnnn1-c1cc(C(=O)NCC2CNC(C)CN2)cc(-c2ccc(C)cc2)c1. The normalized spacial score (nSPS) is 18.7. The van der Waals surface area contributed by atoms with Crippen LogP contribution in [-0.2, 0) is 6.42 Å². The van der Waals surface area contributed by atoms with E-state index in [0.29, 0.717) is 24.6 Å². The van der Waals surface area contributed by atoms with Crippen LogP contribution in [0.4, 0.5) is 0 Å². The summed E-state index contributed by atoms with van der Waals surface area (Å²) in [6.07, 6.45) is 0.696. The second-order valence-corrected chi connectivity index (χ2v) is 8.12. The van der Waals surface area contributed by atoms with Crippen LogP contribution in [0.2, 0.25) is 0 Å². The molecule has 8 heteroatoms. The molecular weight excluding hydrogens is 390 g/mol. The second-order valence-electron chi connectivity index (χ2n) is 8.12. The standard InChI is InChI=1S/C23H29N7O/c1-4-22-27-28-29-30(22)21-10-18(17-7-5-15(2)6-8-17)9-19(11-21)23(31)26-14-20-13-24-16(3)12-25-20/h5-11,16,20,24-25H,4,12-14H2,1-3H3,(H,26,31). The largest absolute Gasteiger partial charge is 0.350 e. The van der Waals surface area contributed by atoms with E-state index >= 15 is 0 Å². The Labute approximate surface area is 182 Å². The fraction of sp³-hybridized carbons (Fsp3) is 0.391. The highest BCUT2D eigenvalue weighted by atomic mass is 16.1. The van der Waals surface area contributed by atoms with Gasteiger partial charge in [-0.15, -0.1) is 5.10 Å². The summed E-state index contributed by atoms with van der Waals surface area (Å²) in [4.78, 5) is 13.0. The number of rotatable bonds is 6. The molecule has 31 heavy (non-hydrogen) atoms. The number of piperazine rings is 1. The minimum absolute atomic E-state index is 0.109. The predicted octanol–water partition coefficient (Wildman–Crippen LogP) is 1.88. The molecule has 2 unspecified atom stereocenters. The van der Waals surface area contributed by atoms with E-state index in [9.17, 15) is 4.79 Å². The van der Waals surface area contributed by atoms with E-state index in [1.807, 2.05) is 25.1 Å². The molecule has 1 aliphatic rings. The van der Waals surface area contributed by atoms with E-state index in [4.69, 9.17) is 0 Å². The molecular formula is C23H29N7O. The molecule has 0 bridgehead atoms. The maximum atomic E-state index is 13.0. The highest BCUT2D eigenvalue weighted by Crippen LogP contribution is 2.25. The van der Waals surface area contributed by atoms with Gasteiger partial charge in [0.1, 0.15) is 0 Å². The van der Waals surface area contributed by atoms with Crippen LogP contribution in [0.25, 0.3) is 16.8 Å². The van der Waals surface area contributed by atoms with Crippen LogP contribution in [0.15, 0.2) is 42.5 Å². The van der Waals surface area contributed by atoms with Crippen LogP contribution >= 0.6 is 0 Å². The Hall–Kier alpha value is -3.10. The average Bonchev–Trinajstić information content (AvgIpc) is 3.28. The number of benzene rings is 2. The summed E-state index contributed by atoms with van der Waals surface area (Å²) in [5.74, 6) is 0.640. The van der Waals surface area contributed by atoms with Crippen molar-refractivity contribution in [2.75, 3.05) is 19.6 Å². The predicted molar refractivity (Wildman–Crippen MR) is 120 cm³/mol. The number of aromatic nitrogens is 4. The summed E-state index contributed by atoms with van der Waals surface area (Å²) in [6.45, 7) is 8.50. The Bertz CT molecular complexity index is 1040. The third-order valence-corrected chi connectivity index (χ3v) is 5.59. The van der Waals surface area contributed by atoms with E-state index in [2.05, 4.69) is 69.6 Å². The van der Waals surface area contributed by atoms with Gasteiger partial charge in [0.2, 0.25) is 0 Å². The molecule has 0 aliphatic carbocycles. The van der Waals surface area contributed by atoms with E-state index in [1.165, 1.54) is 5.56 Å². The van der Waals surface area contributed by atoms with Crippen LogP contribution in [0.1, 0.15) is 35.6 Å². The fourth-order valence-corrected chi connectivity index (χ4v) is 3.70. The van der Waals surface area contributed by atoms with Crippen LogP contribution in [0.3, 0.4) is 0 Å². The first-order valence-corrected chi connectivity index (χ1v) is 10.8. The Morgan fingerprint density at radius 1 is 1.13 bits per heavy atom. The number of carbonyl (C=O) groups excluding carboxylic acids is 1. The molecule has 2 aromatic carbocycles. The lowest BCUT2D eigenvalue weighted by Crippen LogP contribution is -2.56. The zero-order chi connectivity index (χ0) is 21.8. The summed E-state index contributed by atoms with van der Waals surface area (Å²) < 4.78 is 1.70. The van der Waals surface area contributed by atoms with Crippen molar-refractivity contribution in [2.45, 2.75) is 39.3 Å². The first kappa shape index (κ1) is 21.1. The molecule has 4 rings (SSSR count). The van der Waals surface area contributed by atoms with Gasteiger partial charge < -0.3 is 16.0 Å². The van der Waals surface area contributed by atoms with Gasteiger partial charge in [-0.2, -0.15) is 4.68 Å². The summed E-state index contributed by atoms with van der Waals surface area (Å²) >= 11 is 0. The van der Waals surface area contributed by atoms with Crippen LogP contribution < -0.4 is 16.0 Å². The molecule has 3 N–H and O–H groups in total. The molecule has 2 atom stereocenters. The van der Waals surface area contributed by atoms with Crippen molar-refractivity contribution in [3.63, 3.8) is 0 Å². The van der Waals surface area contributed by atoms with Gasteiger partial charge in [0.25, 0.3) is 5.91 Å². The Kier molecular flexibility index (Phi) is 6.39. The third-order valence-electron chi connectivity index (χ3n) is 5.59. The quantitative estimate of drug-likeness (QED) is 0.565. The lowest BCUT2D eigenvalue weighted by molar-refractivity contribution is 0.0948. The zero-order valence-corrected chi connectivity index (χ0v) is 18.2. The van der Waals surface area contributed by atoms with E-state index in [-0.39, 0.29) is 11.9 Å². The van der Waals surface area contributed by atoms with Crippen LogP contribution in [-0.4, -0.2) is 57.8 Å². The number of amides is 1. The lowest BCUT2D eigenvalue weighted by atomic mass is 10.0. The number of nitrogens with one attached hydrogen (secondary N) is 3. The van der Waals surface area contributed by atoms with Gasteiger partial charge >= 0.3 is 0 Å². The molecule has 1 aliphatic heterocycles. The number of hydrogen-bond donors (Lipinski definition) is 3. The van der Waals surface area contributed by atoms with Gasteiger partial charge in [-0.25, -0.2) is 0 Å². The van der Waals surface area contributed by atoms with Crippen molar-refractivity contribution in [1.29, 1.82) is 0 Å². The molecule has 2 heterocycles. The van der Waals surface area contributed by atoms with E-state index < -0.39 is 0 Å². The van der Waals surface area contributed by atoms with E-state index in [1.54, 1.807) is 4.68 Å². The Balaban J connectivity index is 1.62. The Morgan fingerprint density at radius 3 is 2.65 bits per heavy atom. The molecule has 0 saturated carbocycles. The van der Waals surface area contributed by atoms with Gasteiger partial charge in [-0.3, -0.25) is 4.79 Å². The van der Waals surface area contributed by atoms with Crippen LogP contribution in [0.5, 0.6) is 0 Å². The molecule has 1 saturated heterocycles. The van der Waals surface area contributed by atoms with Crippen molar-refractivity contribution in [3.05, 3.63) is 59.4 Å². The zero-order valence-electron chi connectivity index (χ0n) is 18.2. The fourth-order valence-electron chi connectivity index (χ4n) is 3.70. The van der Waals surface area contributed by atoms with Gasteiger partial charge in [0, 0.05) is 43.7 Å². The number of hydrogen-bond acceptors (Lipinski definition) is 6. The van der Waals surface area contributed by atoms with Crippen molar-refractivity contribution < 1.29 is 4.79 Å². The number of tetrazole rings is 1. The molecule has 1 amide bonds. The number of carbonyl (C=O) groups is 1. The topological polar surface area (TPSA) is 96.8 Å². The third kappa shape index (κ3) is 4.98. The Morgan fingerprint density at radius 2 is 1.94 bits per heavy atom. The first-order chi connectivity index (χ1) is 15.0. The summed E-state index contributed by atoms with van der Waals surface area (Å²) in [5.41, 5.74) is 4.54. The van der Waals surface area contributed by atoms with E-state index in [0.717, 1.165) is 35.7 Å². The number of nitrogens with zero attached hydrogens (tertiary/aromatic N) is 4. The summed E-state index contributed by atoms with van der Waals surface area (Å²) in [5, 5.41) is 22.0. The highest BCUT2D eigenvalue weighted by Gasteiger charge is 2.18. The molecule has 1 aromatic heterocycles. The average molecular weight is 420 g/mol. The maximum Gasteiger partial charge on any atom is 0.251 e. The molecule has 0 radical (unpaired) electrons. The van der Waals surface area contributed by atoms with Crippen molar-refractivity contribution in [2.24, 2.45) is 0 Å². The van der Waals surface area contributed by atoms with Crippen molar-refractivity contribution in [3.8, 4) is 16.8 Å². The molecule has 3 aromatic rings. The minimum atomic E-state index is -0.109. The van der Waals surface area contributed by atoms with Gasteiger partial charge in [0.15, 0.2) is 5.82 Å². The van der Waals surface area contributed by atoms with Crippen molar-refractivity contribution in [1.82, 2.24) is 36.2 Å². The second kappa shape index (κ2) is 9.36. The molecule has 162 valence electrons. The van der Waals surface area contributed by atoms with Gasteiger partial charge in [0.05, 0.1) is 5.69 Å². The van der Waals surface area contributed by atoms with Crippen LogP contribution in [0, 0.1) is 6.92 Å². The lowest BCUT2D eigenvalue weighted by Gasteiger charge is -2.29. The first-order valence-electron chi connectivity index (χ1n) is 10.8. The summed E-state index contributed by atoms with van der Waals surface area (Å²) in [6, 6.07) is 14.7. The van der Waals surface area contributed by atoms with Gasteiger partial charge in [-0.05, 0) is 53.6 Å². The monoisotopic (exact) mass is 419 g/mol. The minimum Gasteiger partial charge on any atom is -0.350 e. The molecule has 1 fully saturated rings. The smallest absolute Gasteiger partial charge is 0.251 e. The summed E-state index contributed by atoms with van der Waals surface area (Å²) in [7, 11) is 0. The number of aryl methyl sites for hydroxylation is 2.